The summed E-state index contributed by atoms with van der Waals surface area (Å²) in [7, 11) is 0. The number of ether oxygens (including phenoxy) is 4. The maximum Gasteiger partial charge on any atom is 0.315 e. The zero-order chi connectivity index (χ0) is 27.1. The van der Waals surface area contributed by atoms with Crippen LogP contribution in [-0.2, 0) is 43.6 Å². The summed E-state index contributed by atoms with van der Waals surface area (Å²) in [6, 6.07) is 28.3. The molecule has 0 aromatic heterocycles. The molecule has 0 aliphatic carbocycles. The maximum absolute atomic E-state index is 13.3. The van der Waals surface area contributed by atoms with Crippen LogP contribution in [0.4, 0.5) is 8.78 Å². The van der Waals surface area contributed by atoms with Gasteiger partial charge < -0.3 is 24.3 Å². The largest absolute Gasteiger partial charge is 0.374 e. The lowest BCUT2D eigenvalue weighted by molar-refractivity contribution is -0.255. The van der Waals surface area contributed by atoms with Gasteiger partial charge in [0.15, 0.2) is 0 Å². The standard InChI is InChI=1S/C31H33F2NO5/c32-29(33)30(35)34-26-25-16-17-31(39-25,21-36-18-22-10-4-1-5-11-22)28(38-20-24-14-8-3-9-15-24)27(26)37-19-23-12-6-2-7-13-23/h1-15,25-29H,16-21H2,(H,34,35)/t25-,26+,27-,28-,31-/m1/s1. The maximum atomic E-state index is 13.3. The Labute approximate surface area is 227 Å². The molecule has 39 heavy (non-hydrogen) atoms. The molecule has 6 nitrogen and oxygen atoms in total. The number of hydrogen-bond donors (Lipinski definition) is 1. The molecule has 2 aliphatic heterocycles. The fourth-order valence-electron chi connectivity index (χ4n) is 5.44. The molecule has 206 valence electrons. The second kappa shape index (κ2) is 12.8. The van der Waals surface area contributed by atoms with Crippen LogP contribution >= 0.6 is 0 Å². The molecule has 0 saturated carbocycles. The Bertz CT molecular complexity index is 1180. The quantitative estimate of drug-likeness (QED) is 0.350. The van der Waals surface area contributed by atoms with Crippen LogP contribution in [0.1, 0.15) is 29.5 Å². The summed E-state index contributed by atoms with van der Waals surface area (Å²) in [6.45, 7) is 1.12. The highest BCUT2D eigenvalue weighted by Gasteiger charge is 2.60. The third-order valence-corrected chi connectivity index (χ3v) is 7.33. The highest BCUT2D eigenvalue weighted by Crippen LogP contribution is 2.45. The molecular formula is C31H33F2NO5. The van der Waals surface area contributed by atoms with Gasteiger partial charge in [-0.2, -0.15) is 8.78 Å². The van der Waals surface area contributed by atoms with Crippen molar-refractivity contribution in [2.45, 2.75) is 69.0 Å². The number of halogens is 2. The molecule has 0 spiro atoms. The van der Waals surface area contributed by atoms with Crippen LogP contribution in [-0.4, -0.2) is 48.9 Å². The minimum atomic E-state index is -3.15. The van der Waals surface area contributed by atoms with E-state index >= 15 is 0 Å². The Balaban J connectivity index is 1.42. The first-order valence-corrected chi connectivity index (χ1v) is 13.2. The normalized spacial score (nSPS) is 26.0. The molecule has 5 rings (SSSR count). The van der Waals surface area contributed by atoms with Crippen molar-refractivity contribution in [2.24, 2.45) is 0 Å². The Hall–Kier alpha value is -3.17. The van der Waals surface area contributed by atoms with Crippen molar-refractivity contribution >= 4 is 5.91 Å². The van der Waals surface area contributed by atoms with Gasteiger partial charge >= 0.3 is 6.43 Å². The summed E-state index contributed by atoms with van der Waals surface area (Å²) in [6.07, 6.45) is -3.94. The van der Waals surface area contributed by atoms with Crippen LogP contribution in [0.15, 0.2) is 91.0 Å². The van der Waals surface area contributed by atoms with Gasteiger partial charge in [-0.15, -0.1) is 0 Å². The first-order valence-electron chi connectivity index (χ1n) is 13.2. The van der Waals surface area contributed by atoms with Crippen LogP contribution in [0.3, 0.4) is 0 Å². The van der Waals surface area contributed by atoms with Gasteiger partial charge in [0.05, 0.1) is 38.6 Å². The predicted octanol–water partition coefficient (Wildman–Crippen LogP) is 5.06. The van der Waals surface area contributed by atoms with E-state index in [1.165, 1.54) is 0 Å². The van der Waals surface area contributed by atoms with Crippen molar-refractivity contribution in [1.82, 2.24) is 5.32 Å². The molecule has 2 bridgehead atoms. The van der Waals surface area contributed by atoms with E-state index in [1.54, 1.807) is 0 Å². The number of amides is 1. The lowest BCUT2D eigenvalue weighted by Crippen LogP contribution is -2.67. The molecule has 5 atom stereocenters. The summed E-state index contributed by atoms with van der Waals surface area (Å²) < 4.78 is 52.2. The van der Waals surface area contributed by atoms with Crippen molar-refractivity contribution in [3.63, 3.8) is 0 Å². The van der Waals surface area contributed by atoms with Crippen molar-refractivity contribution in [1.29, 1.82) is 0 Å². The van der Waals surface area contributed by atoms with Crippen molar-refractivity contribution in [2.75, 3.05) is 6.61 Å². The Morgan fingerprint density at radius 1 is 0.846 bits per heavy atom. The van der Waals surface area contributed by atoms with E-state index in [2.05, 4.69) is 5.32 Å². The Morgan fingerprint density at radius 3 is 1.95 bits per heavy atom. The van der Waals surface area contributed by atoms with E-state index in [-0.39, 0.29) is 19.8 Å². The van der Waals surface area contributed by atoms with Gasteiger partial charge in [0.25, 0.3) is 5.91 Å². The molecule has 0 radical (unpaired) electrons. The fraction of sp³-hybridized carbons (Fsp3) is 0.387. The predicted molar refractivity (Wildman–Crippen MR) is 141 cm³/mol. The molecule has 0 unspecified atom stereocenters. The first kappa shape index (κ1) is 27.4. The van der Waals surface area contributed by atoms with Gasteiger partial charge in [0.2, 0.25) is 0 Å². The Kier molecular flexibility index (Phi) is 8.98. The number of carbonyl (C=O) groups is 1. The topological polar surface area (TPSA) is 66.0 Å². The lowest BCUT2D eigenvalue weighted by Gasteiger charge is -2.48. The minimum Gasteiger partial charge on any atom is -0.374 e. The van der Waals surface area contributed by atoms with E-state index in [9.17, 15) is 13.6 Å². The van der Waals surface area contributed by atoms with E-state index in [0.29, 0.717) is 19.4 Å². The van der Waals surface area contributed by atoms with Gasteiger partial charge in [-0.1, -0.05) is 91.0 Å². The van der Waals surface area contributed by atoms with Crippen molar-refractivity contribution in [3.8, 4) is 0 Å². The number of hydrogen-bond acceptors (Lipinski definition) is 5. The van der Waals surface area contributed by atoms with E-state index in [4.69, 9.17) is 18.9 Å². The molecular weight excluding hydrogens is 504 g/mol. The summed E-state index contributed by atoms with van der Waals surface area (Å²) in [5, 5.41) is 2.50. The molecule has 2 saturated heterocycles. The average Bonchev–Trinajstić information content (AvgIpc) is 3.35. The number of alkyl halides is 2. The minimum absolute atomic E-state index is 0.228. The zero-order valence-electron chi connectivity index (χ0n) is 21.6. The first-order chi connectivity index (χ1) is 19.0. The summed E-state index contributed by atoms with van der Waals surface area (Å²) >= 11 is 0. The monoisotopic (exact) mass is 537 g/mol. The van der Waals surface area contributed by atoms with Gasteiger partial charge in [0, 0.05) is 0 Å². The second-order valence-electron chi connectivity index (χ2n) is 10.1. The number of benzene rings is 3. The van der Waals surface area contributed by atoms with Crippen molar-refractivity contribution < 1.29 is 32.5 Å². The number of carbonyl (C=O) groups excluding carboxylic acids is 1. The van der Waals surface area contributed by atoms with Crippen LogP contribution in [0.25, 0.3) is 0 Å². The Morgan fingerprint density at radius 2 is 1.38 bits per heavy atom. The van der Waals surface area contributed by atoms with E-state index < -0.39 is 42.3 Å². The van der Waals surface area contributed by atoms with E-state index in [0.717, 1.165) is 16.7 Å². The fourth-order valence-corrected chi connectivity index (χ4v) is 5.44. The smallest absolute Gasteiger partial charge is 0.315 e. The van der Waals surface area contributed by atoms with E-state index in [1.807, 2.05) is 91.0 Å². The molecule has 2 heterocycles. The molecule has 2 aliphatic rings. The molecule has 8 heteroatoms. The summed E-state index contributed by atoms with van der Waals surface area (Å²) in [4.78, 5) is 12.2. The molecule has 3 aromatic rings. The summed E-state index contributed by atoms with van der Waals surface area (Å²) in [5.74, 6) is -1.35. The SMILES string of the molecule is O=C(N[C@@H]1[C@@H](OCc2ccccc2)[C@@H](OCc2ccccc2)[C@]2(COCc3ccccc3)CC[C@H]1O2)C(F)F. The van der Waals surface area contributed by atoms with Gasteiger partial charge in [-0.3, -0.25) is 4.79 Å². The highest BCUT2D eigenvalue weighted by molar-refractivity contribution is 5.79. The van der Waals surface area contributed by atoms with Crippen LogP contribution in [0.2, 0.25) is 0 Å². The average molecular weight is 538 g/mol. The van der Waals surface area contributed by atoms with Crippen molar-refractivity contribution in [3.05, 3.63) is 108 Å². The van der Waals surface area contributed by atoms with Crippen LogP contribution in [0, 0.1) is 0 Å². The molecule has 2 fully saturated rings. The lowest BCUT2D eigenvalue weighted by atomic mass is 9.87. The molecule has 1 amide bonds. The number of fused-ring (bicyclic) bond motifs is 2. The van der Waals surface area contributed by atoms with Crippen LogP contribution < -0.4 is 5.32 Å². The van der Waals surface area contributed by atoms with Gasteiger partial charge in [-0.05, 0) is 29.5 Å². The number of nitrogens with one attached hydrogen (secondary N) is 1. The highest BCUT2D eigenvalue weighted by atomic mass is 19.3. The molecule has 3 aromatic carbocycles. The van der Waals surface area contributed by atoms with Gasteiger partial charge in [0.1, 0.15) is 17.8 Å². The third kappa shape index (κ3) is 6.70. The molecule has 1 N–H and O–H groups in total. The van der Waals surface area contributed by atoms with Gasteiger partial charge in [-0.25, -0.2) is 0 Å². The number of rotatable bonds is 12. The zero-order valence-corrected chi connectivity index (χ0v) is 21.6. The third-order valence-electron chi connectivity index (χ3n) is 7.33. The summed E-state index contributed by atoms with van der Waals surface area (Å²) in [5.41, 5.74) is 2.04. The second-order valence-corrected chi connectivity index (χ2v) is 10.1. The van der Waals surface area contributed by atoms with Crippen LogP contribution in [0.5, 0.6) is 0 Å².